The number of pyridine rings is 1. The highest BCUT2D eigenvalue weighted by molar-refractivity contribution is 6.18. The fourth-order valence-corrected chi connectivity index (χ4v) is 7.31. The molecule has 2 aromatic carbocycles. The largest absolute Gasteiger partial charge is 0.493 e. The minimum absolute atomic E-state index is 0.0202. The Balaban J connectivity index is 1.12. The normalized spacial score (nSPS) is 21.9. The van der Waals surface area contributed by atoms with E-state index >= 15 is 0 Å². The van der Waals surface area contributed by atoms with Crippen molar-refractivity contribution >= 4 is 23.4 Å². The number of likely N-dealkylation sites (tertiary alicyclic amines) is 1. The van der Waals surface area contributed by atoms with Crippen molar-refractivity contribution < 1.29 is 23.9 Å². The molecular formula is C32H32N4O6. The van der Waals surface area contributed by atoms with Crippen LogP contribution in [0.5, 0.6) is 11.5 Å². The van der Waals surface area contributed by atoms with E-state index in [9.17, 15) is 19.2 Å². The van der Waals surface area contributed by atoms with Crippen molar-refractivity contribution in [3.63, 3.8) is 0 Å². The number of piperidine rings is 1. The molecule has 1 aromatic heterocycles. The van der Waals surface area contributed by atoms with Crippen molar-refractivity contribution in [1.82, 2.24) is 14.4 Å². The molecule has 10 nitrogen and oxygen atoms in total. The second-order valence-corrected chi connectivity index (χ2v) is 11.4. The average molecular weight is 569 g/mol. The molecule has 3 atom stereocenters. The third-order valence-corrected chi connectivity index (χ3v) is 9.11. The van der Waals surface area contributed by atoms with Gasteiger partial charge < -0.3 is 23.8 Å². The summed E-state index contributed by atoms with van der Waals surface area (Å²) in [5, 5.41) is 0. The van der Waals surface area contributed by atoms with Gasteiger partial charge in [-0.3, -0.25) is 24.1 Å². The number of fused-ring (bicyclic) bond motifs is 9. The molecule has 0 N–H and O–H groups in total. The Labute approximate surface area is 243 Å². The Morgan fingerprint density at radius 3 is 2.55 bits per heavy atom. The molecule has 216 valence electrons. The molecule has 0 unspecified atom stereocenters. The highest BCUT2D eigenvalue weighted by Gasteiger charge is 2.49. The van der Waals surface area contributed by atoms with Crippen LogP contribution in [-0.2, 0) is 11.3 Å². The van der Waals surface area contributed by atoms with Crippen molar-refractivity contribution in [2.75, 3.05) is 38.8 Å². The predicted molar refractivity (Wildman–Crippen MR) is 154 cm³/mol. The van der Waals surface area contributed by atoms with Crippen LogP contribution in [-0.4, -0.2) is 65.9 Å². The second-order valence-electron chi connectivity index (χ2n) is 11.4. The summed E-state index contributed by atoms with van der Waals surface area (Å²) < 4.78 is 12.9. The van der Waals surface area contributed by atoms with E-state index in [0.29, 0.717) is 66.5 Å². The van der Waals surface area contributed by atoms with E-state index in [1.54, 1.807) is 46.2 Å². The predicted octanol–water partition coefficient (Wildman–Crippen LogP) is 3.41. The number of anilines is 1. The number of hydrogen-bond acceptors (Lipinski definition) is 6. The molecule has 4 aliphatic rings. The Bertz CT molecular complexity index is 1680. The lowest BCUT2D eigenvalue weighted by atomic mass is 9.83. The van der Waals surface area contributed by atoms with Crippen LogP contribution in [0.4, 0.5) is 5.69 Å². The van der Waals surface area contributed by atoms with Crippen LogP contribution >= 0.6 is 0 Å². The molecule has 4 aliphatic heterocycles. The van der Waals surface area contributed by atoms with Crippen LogP contribution in [0.25, 0.3) is 0 Å². The first-order valence-electron chi connectivity index (χ1n) is 14.4. The summed E-state index contributed by atoms with van der Waals surface area (Å²) in [6.45, 7) is 2.16. The van der Waals surface area contributed by atoms with Crippen LogP contribution in [0.2, 0.25) is 0 Å². The Kier molecular flexibility index (Phi) is 6.29. The first kappa shape index (κ1) is 26.3. The van der Waals surface area contributed by atoms with Crippen molar-refractivity contribution in [2.45, 2.75) is 37.9 Å². The van der Waals surface area contributed by atoms with Crippen molar-refractivity contribution in [2.24, 2.45) is 5.92 Å². The summed E-state index contributed by atoms with van der Waals surface area (Å²) in [7, 11) is 3.02. The van der Waals surface area contributed by atoms with Crippen LogP contribution in [0.3, 0.4) is 0 Å². The van der Waals surface area contributed by atoms with E-state index in [0.717, 1.165) is 12.1 Å². The standard InChI is InChI=1S/C32H32N4O6/c1-41-25-13-12-22-28(29(25)42-2)32(40)36-24-8-4-3-7-21(24)31(39)34(30(22)36)14-6-11-26(37)33-16-19-15-20(18-33)23-9-5-10-27(38)35(23)17-19/h3-5,7-10,12-13,19-20,30H,6,11,14-18H2,1-2H3/t19-,20+,30+/m1/s1. The maximum absolute atomic E-state index is 13.9. The average Bonchev–Trinajstić information content (AvgIpc) is 3.30. The lowest BCUT2D eigenvalue weighted by Gasteiger charge is -2.43. The van der Waals surface area contributed by atoms with Gasteiger partial charge in [0.05, 0.1) is 31.0 Å². The Morgan fingerprint density at radius 2 is 1.74 bits per heavy atom. The molecule has 1 fully saturated rings. The number of nitrogens with zero attached hydrogens (tertiary/aromatic N) is 4. The summed E-state index contributed by atoms with van der Waals surface area (Å²) in [6, 6.07) is 16.1. The molecular weight excluding hydrogens is 536 g/mol. The summed E-state index contributed by atoms with van der Waals surface area (Å²) in [4.78, 5) is 58.7. The van der Waals surface area contributed by atoms with Gasteiger partial charge in [-0.2, -0.15) is 0 Å². The zero-order valence-corrected chi connectivity index (χ0v) is 23.6. The number of rotatable bonds is 6. The first-order chi connectivity index (χ1) is 20.4. The number of para-hydroxylation sites is 1. The van der Waals surface area contributed by atoms with E-state index in [1.165, 1.54) is 14.2 Å². The van der Waals surface area contributed by atoms with Crippen LogP contribution in [0.15, 0.2) is 59.4 Å². The smallest absolute Gasteiger partial charge is 0.264 e. The van der Waals surface area contributed by atoms with Gasteiger partial charge in [-0.25, -0.2) is 0 Å². The lowest BCUT2D eigenvalue weighted by molar-refractivity contribution is -0.134. The van der Waals surface area contributed by atoms with Crippen molar-refractivity contribution in [3.05, 3.63) is 87.3 Å². The number of carbonyl (C=O) groups is 3. The Morgan fingerprint density at radius 1 is 0.905 bits per heavy atom. The molecule has 3 aromatic rings. The van der Waals surface area contributed by atoms with Gasteiger partial charge in [0.15, 0.2) is 11.5 Å². The van der Waals surface area contributed by atoms with Gasteiger partial charge in [-0.05, 0) is 43.0 Å². The first-order valence-corrected chi connectivity index (χ1v) is 14.4. The van der Waals surface area contributed by atoms with Gasteiger partial charge in [0.25, 0.3) is 17.4 Å². The molecule has 0 spiro atoms. The maximum Gasteiger partial charge on any atom is 0.264 e. The molecule has 0 radical (unpaired) electrons. The fraction of sp³-hybridized carbons (Fsp3) is 0.375. The monoisotopic (exact) mass is 568 g/mol. The van der Waals surface area contributed by atoms with E-state index < -0.39 is 6.17 Å². The van der Waals surface area contributed by atoms with Crippen LogP contribution in [0, 0.1) is 5.92 Å². The molecule has 0 saturated carbocycles. The number of hydrogen-bond donors (Lipinski definition) is 0. The topological polar surface area (TPSA) is 101 Å². The highest BCUT2D eigenvalue weighted by Crippen LogP contribution is 2.49. The fourth-order valence-electron chi connectivity index (χ4n) is 7.31. The van der Waals surface area contributed by atoms with E-state index in [4.69, 9.17) is 9.47 Å². The zero-order chi connectivity index (χ0) is 29.1. The van der Waals surface area contributed by atoms with E-state index in [2.05, 4.69) is 0 Å². The summed E-state index contributed by atoms with van der Waals surface area (Å²) in [5.74, 6) is 0.802. The quantitative estimate of drug-likeness (QED) is 0.452. The molecule has 3 amide bonds. The molecule has 42 heavy (non-hydrogen) atoms. The molecule has 1 saturated heterocycles. The van der Waals surface area contributed by atoms with E-state index in [-0.39, 0.29) is 41.5 Å². The van der Waals surface area contributed by atoms with Gasteiger partial charge in [0.2, 0.25) is 5.91 Å². The van der Waals surface area contributed by atoms with Crippen molar-refractivity contribution in [3.8, 4) is 11.5 Å². The number of aromatic nitrogens is 1. The van der Waals surface area contributed by atoms with Gasteiger partial charge in [-0.1, -0.05) is 24.3 Å². The van der Waals surface area contributed by atoms with Gasteiger partial charge >= 0.3 is 0 Å². The summed E-state index contributed by atoms with van der Waals surface area (Å²) in [6.07, 6.45) is 1.07. The SMILES string of the molecule is COc1ccc2c(c1OC)C(=O)N1c3ccccc3C(=O)N(CCCC(=O)N3C[C@H]4C[C@@H](C3)c3cccc(=O)n3C4)[C@H]21. The molecule has 10 heteroatoms. The number of ether oxygens (including phenoxy) is 2. The second kappa shape index (κ2) is 10.0. The lowest BCUT2D eigenvalue weighted by Crippen LogP contribution is -2.50. The van der Waals surface area contributed by atoms with Crippen molar-refractivity contribution in [1.29, 1.82) is 0 Å². The highest BCUT2D eigenvalue weighted by atomic mass is 16.5. The zero-order valence-electron chi connectivity index (χ0n) is 23.6. The Hall–Kier alpha value is -4.60. The third kappa shape index (κ3) is 3.92. The minimum Gasteiger partial charge on any atom is -0.493 e. The number of methoxy groups -OCH3 is 2. The molecule has 2 bridgehead atoms. The number of carbonyl (C=O) groups excluding carboxylic acids is 3. The van der Waals surface area contributed by atoms with Gasteiger partial charge in [0.1, 0.15) is 6.17 Å². The number of amides is 3. The van der Waals surface area contributed by atoms with Gasteiger partial charge in [0, 0.05) is 55.8 Å². The summed E-state index contributed by atoms with van der Waals surface area (Å²) in [5.41, 5.74) is 3.08. The van der Waals surface area contributed by atoms with E-state index in [1.807, 2.05) is 27.7 Å². The maximum atomic E-state index is 13.9. The van der Waals surface area contributed by atoms with Crippen LogP contribution < -0.4 is 19.9 Å². The molecule has 0 aliphatic carbocycles. The molecule has 7 rings (SSSR count). The number of benzene rings is 2. The third-order valence-electron chi connectivity index (χ3n) is 9.11. The summed E-state index contributed by atoms with van der Waals surface area (Å²) >= 11 is 0. The van der Waals surface area contributed by atoms with Gasteiger partial charge in [-0.15, -0.1) is 0 Å². The molecule has 5 heterocycles. The minimum atomic E-state index is -0.644. The van der Waals surface area contributed by atoms with Crippen LogP contribution in [0.1, 0.15) is 63.3 Å².